The fourth-order valence-corrected chi connectivity index (χ4v) is 2.20. The Morgan fingerprint density at radius 3 is 2.15 bits per heavy atom. The van der Waals surface area contributed by atoms with Crippen molar-refractivity contribution in [1.29, 1.82) is 0 Å². The maximum atomic E-state index is 11.5. The largest absolute Gasteiger partial charge is 0.295 e. The molecule has 0 saturated heterocycles. The van der Waals surface area contributed by atoms with Crippen LogP contribution in [0.25, 0.3) is 0 Å². The highest BCUT2D eigenvalue weighted by Crippen LogP contribution is 2.39. The molecule has 0 aromatic rings. The molecule has 0 radical (unpaired) electrons. The van der Waals surface area contributed by atoms with Crippen LogP contribution in [-0.2, 0) is 9.63 Å². The molecular formula is C9H18INO2. The second kappa shape index (κ2) is 4.70. The van der Waals surface area contributed by atoms with Gasteiger partial charge in [-0.1, -0.05) is 6.92 Å². The number of halogens is 1. The summed E-state index contributed by atoms with van der Waals surface area (Å²) in [5, 5.41) is 0. The van der Waals surface area contributed by atoms with Crippen molar-refractivity contribution in [2.75, 3.05) is 7.05 Å². The molecule has 4 heteroatoms. The van der Waals surface area contributed by atoms with Gasteiger partial charge in [0.25, 0.3) is 0 Å². The van der Waals surface area contributed by atoms with E-state index in [9.17, 15) is 4.79 Å². The van der Waals surface area contributed by atoms with Crippen LogP contribution in [0.5, 0.6) is 0 Å². The smallest absolute Gasteiger partial charge is 0.201 e. The minimum Gasteiger partial charge on any atom is -0.295 e. The van der Waals surface area contributed by atoms with E-state index in [1.807, 2.05) is 50.3 Å². The summed E-state index contributed by atoms with van der Waals surface area (Å²) in [5.74, 6) is 0. The normalized spacial score (nSPS) is 16.8. The summed E-state index contributed by atoms with van der Waals surface area (Å²) < 4.78 is 0.132. The zero-order valence-corrected chi connectivity index (χ0v) is 11.1. The van der Waals surface area contributed by atoms with Gasteiger partial charge in [0.15, 0.2) is 0 Å². The van der Waals surface area contributed by atoms with E-state index in [0.717, 1.165) is 6.42 Å². The van der Waals surface area contributed by atoms with E-state index in [1.54, 1.807) is 7.05 Å². The van der Waals surface area contributed by atoms with Crippen LogP contribution in [0, 0.1) is 5.41 Å². The van der Waals surface area contributed by atoms with Crippen LogP contribution in [0.4, 0.5) is 0 Å². The van der Waals surface area contributed by atoms with Crippen LogP contribution >= 0.6 is 22.6 Å². The van der Waals surface area contributed by atoms with Gasteiger partial charge in [-0.2, -0.15) is 0 Å². The van der Waals surface area contributed by atoms with Crippen molar-refractivity contribution in [3.63, 3.8) is 0 Å². The lowest BCUT2D eigenvalue weighted by Gasteiger charge is -2.39. The van der Waals surface area contributed by atoms with Crippen molar-refractivity contribution in [2.45, 2.75) is 39.7 Å². The molecule has 0 saturated carbocycles. The van der Waals surface area contributed by atoms with Crippen molar-refractivity contribution in [3.8, 4) is 0 Å². The lowest BCUT2D eigenvalue weighted by Crippen LogP contribution is -2.49. The van der Waals surface area contributed by atoms with Crippen LogP contribution in [0.15, 0.2) is 0 Å². The van der Waals surface area contributed by atoms with E-state index in [4.69, 9.17) is 4.84 Å². The van der Waals surface area contributed by atoms with Gasteiger partial charge in [-0.15, -0.1) is 0 Å². The van der Waals surface area contributed by atoms with Crippen molar-refractivity contribution >= 4 is 26.4 Å². The van der Waals surface area contributed by atoms with Crippen molar-refractivity contribution < 1.29 is 9.63 Å². The number of carbonyl (C=O) groups excluding carboxylic acids is 1. The Bertz CT molecular complexity index is 194. The van der Waals surface area contributed by atoms with Crippen LogP contribution in [0.1, 0.15) is 34.1 Å². The monoisotopic (exact) mass is 299 g/mol. The molecule has 0 aliphatic heterocycles. The second-order valence-corrected chi connectivity index (χ2v) is 4.76. The third kappa shape index (κ3) is 2.63. The number of nitrogens with one attached hydrogen (secondary N) is 1. The molecule has 0 aromatic carbocycles. The molecule has 0 fully saturated rings. The summed E-state index contributed by atoms with van der Waals surface area (Å²) in [6, 6.07) is 0. The Morgan fingerprint density at radius 2 is 1.92 bits per heavy atom. The predicted molar refractivity (Wildman–Crippen MR) is 61.6 cm³/mol. The van der Waals surface area contributed by atoms with Gasteiger partial charge in [0, 0.05) is 29.6 Å². The fraction of sp³-hybridized carbons (Fsp3) is 0.889. The zero-order valence-electron chi connectivity index (χ0n) is 8.90. The first-order valence-corrected chi connectivity index (χ1v) is 5.44. The first kappa shape index (κ1) is 13.3. The number of rotatable bonds is 5. The first-order valence-electron chi connectivity index (χ1n) is 4.36. The number of carbonyl (C=O) groups is 1. The third-order valence-electron chi connectivity index (χ3n) is 2.83. The topological polar surface area (TPSA) is 38.3 Å². The quantitative estimate of drug-likeness (QED) is 0.481. The molecule has 1 N–H and O–H groups in total. The number of hydroxylamine groups is 1. The fourth-order valence-electron chi connectivity index (χ4n) is 1.17. The minimum absolute atomic E-state index is 0.132. The highest BCUT2D eigenvalue weighted by molar-refractivity contribution is 14.1. The van der Waals surface area contributed by atoms with Crippen LogP contribution in [-0.4, -0.2) is 16.4 Å². The molecule has 0 amide bonds. The van der Waals surface area contributed by atoms with Gasteiger partial charge in [0.05, 0.1) is 11.0 Å². The molecule has 0 heterocycles. The molecule has 13 heavy (non-hydrogen) atoms. The lowest BCUT2D eigenvalue weighted by molar-refractivity contribution is -0.158. The molecular weight excluding hydrogens is 281 g/mol. The zero-order chi connectivity index (χ0) is 10.7. The van der Waals surface area contributed by atoms with E-state index in [1.165, 1.54) is 0 Å². The Kier molecular flexibility index (Phi) is 4.82. The van der Waals surface area contributed by atoms with E-state index >= 15 is 0 Å². The summed E-state index contributed by atoms with van der Waals surface area (Å²) in [5.41, 5.74) is 1.71. The van der Waals surface area contributed by atoms with Crippen LogP contribution < -0.4 is 5.48 Å². The van der Waals surface area contributed by atoms with Gasteiger partial charge in [0.1, 0.15) is 0 Å². The van der Waals surface area contributed by atoms with Gasteiger partial charge >= 0.3 is 0 Å². The van der Waals surface area contributed by atoms with Gasteiger partial charge in [-0.25, -0.2) is 5.48 Å². The molecule has 3 nitrogen and oxygen atoms in total. The molecule has 0 aliphatic carbocycles. The Labute approximate surface area is 93.7 Å². The number of hydrogen-bond donors (Lipinski definition) is 1. The predicted octanol–water partition coefficient (Wildman–Crippen LogP) is 2.29. The molecule has 0 aromatic heterocycles. The molecule has 78 valence electrons. The molecule has 0 aliphatic rings. The maximum absolute atomic E-state index is 11.5. The van der Waals surface area contributed by atoms with Crippen LogP contribution in [0.2, 0.25) is 0 Å². The van der Waals surface area contributed by atoms with E-state index < -0.39 is 11.0 Å². The molecule has 1 atom stereocenters. The van der Waals surface area contributed by atoms with Gasteiger partial charge in [-0.05, 0) is 27.2 Å². The average molecular weight is 299 g/mol. The van der Waals surface area contributed by atoms with E-state index in [0.29, 0.717) is 0 Å². The Balaban J connectivity index is 4.83. The standard InChI is InChI=1S/C9H18INO2/c1-6-9(4,7(10)12)8(2,3)13-11-5/h11H,6H2,1-5H3/t9-/m0/s1. The molecule has 0 unspecified atom stereocenters. The molecule has 0 spiro atoms. The SMILES string of the molecule is CC[C@@](C)(C(=O)I)C(C)(C)ONC. The molecule has 0 rings (SSSR count). The van der Waals surface area contributed by atoms with Crippen molar-refractivity contribution in [2.24, 2.45) is 5.41 Å². The highest BCUT2D eigenvalue weighted by Gasteiger charge is 2.45. The Morgan fingerprint density at radius 1 is 1.46 bits per heavy atom. The summed E-state index contributed by atoms with van der Waals surface area (Å²) in [7, 11) is 1.70. The van der Waals surface area contributed by atoms with E-state index in [-0.39, 0.29) is 3.79 Å². The Hall–Kier alpha value is 0.320. The first-order chi connectivity index (χ1) is 5.81. The van der Waals surface area contributed by atoms with Gasteiger partial charge in [-0.3, -0.25) is 9.63 Å². The second-order valence-electron chi connectivity index (χ2n) is 3.78. The molecule has 0 bridgehead atoms. The van der Waals surface area contributed by atoms with Crippen LogP contribution in [0.3, 0.4) is 0 Å². The van der Waals surface area contributed by atoms with Crippen molar-refractivity contribution in [1.82, 2.24) is 5.48 Å². The van der Waals surface area contributed by atoms with E-state index in [2.05, 4.69) is 5.48 Å². The number of hydrogen-bond acceptors (Lipinski definition) is 3. The van der Waals surface area contributed by atoms with Crippen molar-refractivity contribution in [3.05, 3.63) is 0 Å². The maximum Gasteiger partial charge on any atom is 0.201 e. The summed E-state index contributed by atoms with van der Waals surface area (Å²) in [6.07, 6.45) is 0.767. The van der Waals surface area contributed by atoms with Gasteiger partial charge in [0.2, 0.25) is 3.79 Å². The average Bonchev–Trinajstić information content (AvgIpc) is 2.02. The van der Waals surface area contributed by atoms with Gasteiger partial charge < -0.3 is 0 Å². The third-order valence-corrected chi connectivity index (χ3v) is 4.02. The lowest BCUT2D eigenvalue weighted by atomic mass is 9.74. The summed E-state index contributed by atoms with van der Waals surface area (Å²) >= 11 is 1.84. The summed E-state index contributed by atoms with van der Waals surface area (Å²) in [6.45, 7) is 7.77. The summed E-state index contributed by atoms with van der Waals surface area (Å²) in [4.78, 5) is 16.9. The minimum atomic E-state index is -0.491. The highest BCUT2D eigenvalue weighted by atomic mass is 127.